The summed E-state index contributed by atoms with van der Waals surface area (Å²) in [6.45, 7) is 7.40. The summed E-state index contributed by atoms with van der Waals surface area (Å²) in [6.07, 6.45) is 1.69. The predicted octanol–water partition coefficient (Wildman–Crippen LogP) is 4.64. The predicted molar refractivity (Wildman–Crippen MR) is 81.7 cm³/mol. The van der Waals surface area contributed by atoms with E-state index in [2.05, 4.69) is 55.3 Å². The Morgan fingerprint density at radius 2 is 1.79 bits per heavy atom. The van der Waals surface area contributed by atoms with E-state index in [1.54, 1.807) is 6.20 Å². The number of rotatable bonds is 3. The molecule has 3 heteroatoms. The Hall–Kier alpha value is -1.54. The highest BCUT2D eigenvalue weighted by molar-refractivity contribution is 6.31. The molecule has 0 bridgehead atoms. The quantitative estimate of drug-likeness (QED) is 0.825. The Balaban J connectivity index is 2.03. The molecule has 0 unspecified atom stereocenters. The van der Waals surface area contributed by atoms with Crippen molar-refractivity contribution >= 4 is 17.3 Å². The maximum atomic E-state index is 6.00. The number of nitrogens with zero attached hydrogens (tertiary/aromatic N) is 1. The second-order valence-electron chi connectivity index (χ2n) is 5.64. The molecule has 1 aromatic carbocycles. The first-order chi connectivity index (χ1) is 8.97. The van der Waals surface area contributed by atoms with Crippen LogP contribution in [0.25, 0.3) is 0 Å². The molecule has 0 aliphatic rings. The normalized spacial score (nSPS) is 11.4. The number of anilines is 1. The lowest BCUT2D eigenvalue weighted by atomic mass is 9.87. The van der Waals surface area contributed by atoms with Gasteiger partial charge in [0, 0.05) is 12.7 Å². The van der Waals surface area contributed by atoms with Gasteiger partial charge in [0.1, 0.15) is 0 Å². The third-order valence-electron chi connectivity index (χ3n) is 3.06. The minimum atomic E-state index is 0.193. The van der Waals surface area contributed by atoms with Gasteiger partial charge in [-0.25, -0.2) is 4.98 Å². The first kappa shape index (κ1) is 13.9. The average molecular weight is 275 g/mol. The molecule has 0 spiro atoms. The average Bonchev–Trinajstić information content (AvgIpc) is 2.37. The van der Waals surface area contributed by atoms with Crippen LogP contribution >= 0.6 is 11.6 Å². The van der Waals surface area contributed by atoms with Crippen LogP contribution in [0.1, 0.15) is 31.9 Å². The first-order valence-electron chi connectivity index (χ1n) is 6.40. The van der Waals surface area contributed by atoms with Crippen LogP contribution in [0.3, 0.4) is 0 Å². The van der Waals surface area contributed by atoms with Crippen molar-refractivity contribution in [2.45, 2.75) is 32.7 Å². The van der Waals surface area contributed by atoms with Gasteiger partial charge in [0.05, 0.1) is 5.69 Å². The molecular formula is C16H19ClN2. The highest BCUT2D eigenvalue weighted by atomic mass is 35.5. The van der Waals surface area contributed by atoms with Gasteiger partial charge in [0.15, 0.2) is 5.15 Å². The van der Waals surface area contributed by atoms with Gasteiger partial charge in [0.2, 0.25) is 0 Å². The lowest BCUT2D eigenvalue weighted by Crippen LogP contribution is -2.11. The highest BCUT2D eigenvalue weighted by Crippen LogP contribution is 2.23. The van der Waals surface area contributed by atoms with E-state index in [-0.39, 0.29) is 5.41 Å². The van der Waals surface area contributed by atoms with E-state index in [0.717, 1.165) is 12.2 Å². The molecule has 0 aliphatic carbocycles. The van der Waals surface area contributed by atoms with Crippen molar-refractivity contribution in [1.82, 2.24) is 4.98 Å². The standard InChI is InChI=1S/C16H19ClN2/c1-16(2,3)13-8-6-12(7-9-13)11-19-14-5-4-10-18-15(14)17/h4-10,19H,11H2,1-3H3. The zero-order valence-corrected chi connectivity index (χ0v) is 12.3. The monoisotopic (exact) mass is 274 g/mol. The second-order valence-corrected chi connectivity index (χ2v) is 6.00. The van der Waals surface area contributed by atoms with Crippen molar-refractivity contribution in [2.75, 3.05) is 5.32 Å². The summed E-state index contributed by atoms with van der Waals surface area (Å²) in [5.74, 6) is 0. The Kier molecular flexibility index (Phi) is 4.11. The van der Waals surface area contributed by atoms with Crippen LogP contribution in [-0.2, 0) is 12.0 Å². The number of aromatic nitrogens is 1. The van der Waals surface area contributed by atoms with E-state index >= 15 is 0 Å². The van der Waals surface area contributed by atoms with Crippen LogP contribution in [0.15, 0.2) is 42.6 Å². The summed E-state index contributed by atoms with van der Waals surface area (Å²) >= 11 is 6.00. The summed E-state index contributed by atoms with van der Waals surface area (Å²) in [7, 11) is 0. The lowest BCUT2D eigenvalue weighted by molar-refractivity contribution is 0.590. The fourth-order valence-corrected chi connectivity index (χ4v) is 2.02. The molecule has 0 radical (unpaired) electrons. The number of halogens is 1. The summed E-state index contributed by atoms with van der Waals surface area (Å²) in [4.78, 5) is 4.04. The minimum Gasteiger partial charge on any atom is -0.378 e. The third-order valence-corrected chi connectivity index (χ3v) is 3.36. The smallest absolute Gasteiger partial charge is 0.152 e. The van der Waals surface area contributed by atoms with Crippen molar-refractivity contribution < 1.29 is 0 Å². The van der Waals surface area contributed by atoms with Crippen LogP contribution in [0.2, 0.25) is 5.15 Å². The Bertz CT molecular complexity index is 541. The summed E-state index contributed by atoms with van der Waals surface area (Å²) in [5.41, 5.74) is 3.63. The number of pyridine rings is 1. The lowest BCUT2D eigenvalue weighted by Gasteiger charge is -2.19. The van der Waals surface area contributed by atoms with Gasteiger partial charge >= 0.3 is 0 Å². The minimum absolute atomic E-state index is 0.193. The summed E-state index contributed by atoms with van der Waals surface area (Å²) in [6, 6.07) is 12.5. The Morgan fingerprint density at radius 1 is 1.11 bits per heavy atom. The number of hydrogen-bond donors (Lipinski definition) is 1. The van der Waals surface area contributed by atoms with E-state index in [4.69, 9.17) is 11.6 Å². The van der Waals surface area contributed by atoms with E-state index in [9.17, 15) is 0 Å². The van der Waals surface area contributed by atoms with E-state index < -0.39 is 0 Å². The van der Waals surface area contributed by atoms with Crippen LogP contribution in [-0.4, -0.2) is 4.98 Å². The molecule has 100 valence electrons. The molecule has 2 rings (SSSR count). The zero-order chi connectivity index (χ0) is 13.9. The van der Waals surface area contributed by atoms with Crippen molar-refractivity contribution in [2.24, 2.45) is 0 Å². The first-order valence-corrected chi connectivity index (χ1v) is 6.78. The highest BCUT2D eigenvalue weighted by Gasteiger charge is 2.12. The van der Waals surface area contributed by atoms with Gasteiger partial charge < -0.3 is 5.32 Å². The molecule has 0 saturated heterocycles. The van der Waals surface area contributed by atoms with Crippen LogP contribution < -0.4 is 5.32 Å². The number of hydrogen-bond acceptors (Lipinski definition) is 2. The molecule has 0 saturated carbocycles. The van der Waals surface area contributed by atoms with Gasteiger partial charge in [-0.15, -0.1) is 0 Å². The fourth-order valence-electron chi connectivity index (χ4n) is 1.84. The Labute approximate surface area is 119 Å². The van der Waals surface area contributed by atoms with Gasteiger partial charge in [-0.1, -0.05) is 56.6 Å². The zero-order valence-electron chi connectivity index (χ0n) is 11.6. The summed E-state index contributed by atoms with van der Waals surface area (Å²) < 4.78 is 0. The van der Waals surface area contributed by atoms with Crippen molar-refractivity contribution in [1.29, 1.82) is 0 Å². The molecule has 0 aliphatic heterocycles. The number of nitrogens with one attached hydrogen (secondary N) is 1. The second kappa shape index (κ2) is 5.62. The SMILES string of the molecule is CC(C)(C)c1ccc(CNc2cccnc2Cl)cc1. The van der Waals surface area contributed by atoms with E-state index in [1.807, 2.05) is 12.1 Å². The van der Waals surface area contributed by atoms with Crippen molar-refractivity contribution in [3.05, 3.63) is 58.9 Å². The van der Waals surface area contributed by atoms with E-state index in [1.165, 1.54) is 11.1 Å². The molecular weight excluding hydrogens is 256 g/mol. The molecule has 2 nitrogen and oxygen atoms in total. The summed E-state index contributed by atoms with van der Waals surface area (Å²) in [5, 5.41) is 3.80. The third kappa shape index (κ3) is 3.71. The van der Waals surface area contributed by atoms with Crippen LogP contribution in [0.4, 0.5) is 5.69 Å². The van der Waals surface area contributed by atoms with Gasteiger partial charge in [-0.05, 0) is 28.7 Å². The molecule has 19 heavy (non-hydrogen) atoms. The molecule has 0 fully saturated rings. The molecule has 0 atom stereocenters. The molecule has 1 N–H and O–H groups in total. The molecule has 0 amide bonds. The molecule has 1 heterocycles. The topological polar surface area (TPSA) is 24.9 Å². The maximum Gasteiger partial charge on any atom is 0.152 e. The van der Waals surface area contributed by atoms with Gasteiger partial charge in [-0.2, -0.15) is 0 Å². The van der Waals surface area contributed by atoms with Crippen LogP contribution in [0.5, 0.6) is 0 Å². The largest absolute Gasteiger partial charge is 0.378 e. The fraction of sp³-hybridized carbons (Fsp3) is 0.312. The van der Waals surface area contributed by atoms with Crippen molar-refractivity contribution in [3.63, 3.8) is 0 Å². The molecule has 1 aromatic heterocycles. The van der Waals surface area contributed by atoms with Crippen LogP contribution in [0, 0.1) is 0 Å². The van der Waals surface area contributed by atoms with Crippen molar-refractivity contribution in [3.8, 4) is 0 Å². The number of benzene rings is 1. The van der Waals surface area contributed by atoms with Gasteiger partial charge in [-0.3, -0.25) is 0 Å². The van der Waals surface area contributed by atoms with E-state index in [0.29, 0.717) is 5.15 Å². The molecule has 2 aromatic rings. The maximum absolute atomic E-state index is 6.00. The van der Waals surface area contributed by atoms with Gasteiger partial charge in [0.25, 0.3) is 0 Å². The Morgan fingerprint density at radius 3 is 2.37 bits per heavy atom.